The van der Waals surface area contributed by atoms with Gasteiger partial charge >= 0.3 is 0 Å². The van der Waals surface area contributed by atoms with Gasteiger partial charge in [0.1, 0.15) is 0 Å². The Balaban J connectivity index is 1.66. The Kier molecular flexibility index (Phi) is 3.61. The largest absolute Gasteiger partial charge is 0.330 e. The summed E-state index contributed by atoms with van der Waals surface area (Å²) in [6, 6.07) is 3.44. The minimum Gasteiger partial charge on any atom is -0.330 e. The van der Waals surface area contributed by atoms with Gasteiger partial charge in [-0.05, 0) is 18.6 Å². The number of aromatic nitrogens is 4. The molecule has 0 saturated heterocycles. The highest BCUT2D eigenvalue weighted by Crippen LogP contribution is 2.31. The maximum atomic E-state index is 12.9. The first-order valence-corrected chi connectivity index (χ1v) is 8.36. The van der Waals surface area contributed by atoms with Gasteiger partial charge in [-0.15, -0.1) is 0 Å². The number of nitrogens with zero attached hydrogens (tertiary/aromatic N) is 5. The fourth-order valence-corrected chi connectivity index (χ4v) is 3.53. The van der Waals surface area contributed by atoms with Gasteiger partial charge in [-0.2, -0.15) is 5.10 Å². The normalized spacial score (nSPS) is 16.9. The molecular weight excluding hydrogens is 342 g/mol. The topological polar surface area (TPSA) is 72.5 Å². The highest BCUT2D eigenvalue weighted by molar-refractivity contribution is 6.30. The molecule has 0 aliphatic carbocycles. The fourth-order valence-electron chi connectivity index (χ4n) is 3.39. The minimum atomic E-state index is -0.157. The van der Waals surface area contributed by atoms with Crippen LogP contribution < -0.4 is 0 Å². The Bertz CT molecular complexity index is 1010. The van der Waals surface area contributed by atoms with Crippen molar-refractivity contribution >= 4 is 29.1 Å². The molecule has 0 radical (unpaired) electrons. The second kappa shape index (κ2) is 5.70. The summed E-state index contributed by atoms with van der Waals surface area (Å²) in [5.74, 6) is -0.174. The van der Waals surface area contributed by atoms with Crippen molar-refractivity contribution in [1.82, 2.24) is 24.1 Å². The van der Waals surface area contributed by atoms with Crippen LogP contribution in [0, 0.1) is 0 Å². The van der Waals surface area contributed by atoms with Gasteiger partial charge in [0, 0.05) is 44.0 Å². The number of carbonyl (C=O) groups is 2. The van der Waals surface area contributed by atoms with Gasteiger partial charge in [-0.25, -0.2) is 9.50 Å². The van der Waals surface area contributed by atoms with Crippen molar-refractivity contribution in [3.05, 3.63) is 52.7 Å². The van der Waals surface area contributed by atoms with Gasteiger partial charge in [0.2, 0.25) is 5.91 Å². The second-order valence-corrected chi connectivity index (χ2v) is 6.57. The molecule has 4 heterocycles. The molecule has 1 unspecified atom stereocenters. The summed E-state index contributed by atoms with van der Waals surface area (Å²) in [4.78, 5) is 30.6. The molecule has 0 aromatic carbocycles. The van der Waals surface area contributed by atoms with Crippen molar-refractivity contribution in [2.75, 3.05) is 6.54 Å². The predicted octanol–water partition coefficient (Wildman–Crippen LogP) is 2.60. The number of carbonyl (C=O) groups excluding carboxylic acids is 2. The summed E-state index contributed by atoms with van der Waals surface area (Å²) in [5, 5.41) is 4.75. The lowest BCUT2D eigenvalue weighted by molar-refractivity contribution is 0.0669. The SMILES string of the molecule is CC(=O)n1ccc2c1CCN(C(=O)c1cc3ncc(Cl)cn3n1)C2C. The van der Waals surface area contributed by atoms with Crippen LogP contribution in [0.5, 0.6) is 0 Å². The Labute approximate surface area is 148 Å². The molecule has 1 aliphatic rings. The Hall–Kier alpha value is -2.67. The van der Waals surface area contributed by atoms with Crippen molar-refractivity contribution in [2.45, 2.75) is 26.3 Å². The van der Waals surface area contributed by atoms with Gasteiger partial charge in [0.15, 0.2) is 11.3 Å². The van der Waals surface area contributed by atoms with Crippen LogP contribution in [0.2, 0.25) is 5.02 Å². The van der Waals surface area contributed by atoms with Crippen LogP contribution in [0.1, 0.15) is 46.4 Å². The molecular formula is C17H16ClN5O2. The molecule has 0 N–H and O–H groups in total. The number of hydrogen-bond acceptors (Lipinski definition) is 4. The van der Waals surface area contributed by atoms with Crippen LogP contribution in [0.25, 0.3) is 5.65 Å². The van der Waals surface area contributed by atoms with Crippen molar-refractivity contribution in [3.63, 3.8) is 0 Å². The minimum absolute atomic E-state index is 0.0171. The second-order valence-electron chi connectivity index (χ2n) is 6.14. The van der Waals surface area contributed by atoms with Crippen LogP contribution in [-0.2, 0) is 6.42 Å². The van der Waals surface area contributed by atoms with E-state index in [0.29, 0.717) is 29.3 Å². The summed E-state index contributed by atoms with van der Waals surface area (Å²) in [6.45, 7) is 4.04. The monoisotopic (exact) mass is 357 g/mol. The first kappa shape index (κ1) is 15.8. The molecule has 3 aromatic heterocycles. The van der Waals surface area contributed by atoms with E-state index in [-0.39, 0.29) is 17.9 Å². The lowest BCUT2D eigenvalue weighted by Crippen LogP contribution is -2.39. The average Bonchev–Trinajstić information content (AvgIpc) is 3.18. The van der Waals surface area contributed by atoms with E-state index in [2.05, 4.69) is 10.1 Å². The molecule has 0 saturated carbocycles. The van der Waals surface area contributed by atoms with E-state index < -0.39 is 0 Å². The quantitative estimate of drug-likeness (QED) is 0.671. The van der Waals surface area contributed by atoms with E-state index in [0.717, 1.165) is 11.3 Å². The van der Waals surface area contributed by atoms with E-state index in [1.54, 1.807) is 27.9 Å². The molecule has 1 amide bonds. The van der Waals surface area contributed by atoms with E-state index in [1.165, 1.54) is 17.6 Å². The van der Waals surface area contributed by atoms with Crippen molar-refractivity contribution in [3.8, 4) is 0 Å². The lowest BCUT2D eigenvalue weighted by atomic mass is 10.00. The number of hydrogen-bond donors (Lipinski definition) is 0. The predicted molar refractivity (Wildman–Crippen MR) is 91.9 cm³/mol. The first-order chi connectivity index (χ1) is 12.0. The van der Waals surface area contributed by atoms with E-state index >= 15 is 0 Å². The van der Waals surface area contributed by atoms with Gasteiger partial charge in [0.05, 0.1) is 17.3 Å². The number of fused-ring (bicyclic) bond motifs is 2. The third-order valence-electron chi connectivity index (χ3n) is 4.64. The summed E-state index contributed by atoms with van der Waals surface area (Å²) < 4.78 is 3.16. The van der Waals surface area contributed by atoms with E-state index in [1.807, 2.05) is 13.0 Å². The molecule has 3 aromatic rings. The Morgan fingerprint density at radius 2 is 2.16 bits per heavy atom. The van der Waals surface area contributed by atoms with Gasteiger partial charge in [0.25, 0.3) is 5.91 Å². The zero-order valence-electron chi connectivity index (χ0n) is 13.8. The third-order valence-corrected chi connectivity index (χ3v) is 4.83. The molecule has 0 bridgehead atoms. The number of amides is 1. The fraction of sp³-hybridized carbons (Fsp3) is 0.294. The molecule has 0 spiro atoms. The summed E-state index contributed by atoms with van der Waals surface area (Å²) in [5.41, 5.74) is 2.88. The third kappa shape index (κ3) is 2.51. The summed E-state index contributed by atoms with van der Waals surface area (Å²) in [6.07, 6.45) is 5.54. The Morgan fingerprint density at radius 3 is 2.92 bits per heavy atom. The van der Waals surface area contributed by atoms with Crippen molar-refractivity contribution in [1.29, 1.82) is 0 Å². The highest BCUT2D eigenvalue weighted by Gasteiger charge is 2.31. The van der Waals surface area contributed by atoms with Crippen molar-refractivity contribution in [2.24, 2.45) is 0 Å². The van der Waals surface area contributed by atoms with Gasteiger partial charge in [-0.1, -0.05) is 11.6 Å². The van der Waals surface area contributed by atoms with Crippen LogP contribution in [-0.4, -0.2) is 42.4 Å². The highest BCUT2D eigenvalue weighted by atomic mass is 35.5. The van der Waals surface area contributed by atoms with Crippen LogP contribution in [0.4, 0.5) is 0 Å². The first-order valence-electron chi connectivity index (χ1n) is 7.98. The van der Waals surface area contributed by atoms with Gasteiger partial charge in [-0.3, -0.25) is 14.2 Å². The number of halogens is 1. The smallest absolute Gasteiger partial charge is 0.274 e. The maximum absolute atomic E-state index is 12.9. The number of rotatable bonds is 1. The zero-order chi connectivity index (χ0) is 17.7. The lowest BCUT2D eigenvalue weighted by Gasteiger charge is -2.33. The van der Waals surface area contributed by atoms with Crippen LogP contribution in [0.3, 0.4) is 0 Å². The van der Waals surface area contributed by atoms with E-state index in [9.17, 15) is 9.59 Å². The van der Waals surface area contributed by atoms with Crippen LogP contribution >= 0.6 is 11.6 Å². The zero-order valence-corrected chi connectivity index (χ0v) is 14.6. The maximum Gasteiger partial charge on any atom is 0.274 e. The molecule has 128 valence electrons. The van der Waals surface area contributed by atoms with E-state index in [4.69, 9.17) is 11.6 Å². The molecule has 25 heavy (non-hydrogen) atoms. The summed E-state index contributed by atoms with van der Waals surface area (Å²) in [7, 11) is 0. The summed E-state index contributed by atoms with van der Waals surface area (Å²) >= 11 is 5.91. The average molecular weight is 358 g/mol. The molecule has 1 atom stereocenters. The van der Waals surface area contributed by atoms with Crippen LogP contribution in [0.15, 0.2) is 30.7 Å². The van der Waals surface area contributed by atoms with Crippen molar-refractivity contribution < 1.29 is 9.59 Å². The molecule has 7 nitrogen and oxygen atoms in total. The Morgan fingerprint density at radius 1 is 1.36 bits per heavy atom. The molecule has 4 rings (SSSR count). The standard InChI is InChI=1S/C17H16ClN5O2/c1-10-13-3-5-22(11(2)24)15(13)4-6-21(10)17(25)14-7-16-19-8-12(18)9-23(16)20-14/h3,5,7-10H,4,6H2,1-2H3. The molecule has 0 fully saturated rings. The molecule has 8 heteroatoms. The molecule has 1 aliphatic heterocycles. The van der Waals surface area contributed by atoms with Gasteiger partial charge < -0.3 is 4.90 Å².